The molecule has 3 heterocycles. The number of para-hydroxylation sites is 3. The Morgan fingerprint density at radius 2 is 0.873 bits per heavy atom. The SMILES string of the molecule is Bc1c(B)c(B)c(-c2cccc(-c3nc(-c4ccccc4)nc(-c4cccc5c4oc4ccc(-c6cccc7c6oc6ccccc67)cc45)n3)c2)c(B)c1B. The van der Waals surface area contributed by atoms with Gasteiger partial charge in [-0.2, -0.15) is 0 Å². The van der Waals surface area contributed by atoms with Crippen molar-refractivity contribution < 1.29 is 8.83 Å². The Morgan fingerprint density at radius 3 is 1.64 bits per heavy atom. The van der Waals surface area contributed by atoms with Crippen molar-refractivity contribution in [1.29, 1.82) is 0 Å². The minimum Gasteiger partial charge on any atom is -0.455 e. The van der Waals surface area contributed by atoms with E-state index in [0.717, 1.165) is 77.3 Å². The van der Waals surface area contributed by atoms with E-state index in [4.69, 9.17) is 23.8 Å². The van der Waals surface area contributed by atoms with Gasteiger partial charge in [0.05, 0.1) is 5.56 Å². The Hall–Kier alpha value is -6.53. The van der Waals surface area contributed by atoms with Crippen LogP contribution in [-0.2, 0) is 0 Å². The third kappa shape index (κ3) is 5.35. The van der Waals surface area contributed by atoms with Gasteiger partial charge in [-0.15, -0.1) is 16.4 Å². The highest BCUT2D eigenvalue weighted by atomic mass is 16.3. The van der Waals surface area contributed by atoms with E-state index in [1.54, 1.807) is 0 Å². The number of fused-ring (bicyclic) bond motifs is 6. The topological polar surface area (TPSA) is 65.0 Å². The first-order valence-corrected chi connectivity index (χ1v) is 18.7. The zero-order chi connectivity index (χ0) is 37.4. The summed E-state index contributed by atoms with van der Waals surface area (Å²) >= 11 is 0. The fourth-order valence-electron chi connectivity index (χ4n) is 8.21. The van der Waals surface area contributed by atoms with Crippen LogP contribution < -0.4 is 27.3 Å². The van der Waals surface area contributed by atoms with E-state index in [1.807, 2.05) is 54.6 Å². The maximum atomic E-state index is 6.67. The average molecular weight is 701 g/mol. The molecule has 0 saturated heterocycles. The van der Waals surface area contributed by atoms with E-state index in [9.17, 15) is 0 Å². The predicted molar refractivity (Wildman–Crippen MR) is 242 cm³/mol. The summed E-state index contributed by atoms with van der Waals surface area (Å²) in [5, 5.41) is 4.23. The van der Waals surface area contributed by atoms with Gasteiger partial charge in [0.15, 0.2) is 17.5 Å². The molecule has 0 atom stereocenters. The zero-order valence-corrected chi connectivity index (χ0v) is 31.4. The summed E-state index contributed by atoms with van der Waals surface area (Å²) < 4.78 is 13.1. The van der Waals surface area contributed by atoms with Crippen LogP contribution in [0, 0.1) is 0 Å². The molecule has 0 aliphatic rings. The lowest BCUT2D eigenvalue weighted by Gasteiger charge is -2.20. The summed E-state index contributed by atoms with van der Waals surface area (Å²) in [4.78, 5) is 15.3. The number of furan rings is 2. The normalized spacial score (nSPS) is 11.6. The van der Waals surface area contributed by atoms with Crippen molar-refractivity contribution in [2.24, 2.45) is 0 Å². The van der Waals surface area contributed by atoms with Gasteiger partial charge in [-0.05, 0) is 47.0 Å². The molecule has 10 heteroatoms. The molecule has 0 bridgehead atoms. The van der Waals surface area contributed by atoms with Gasteiger partial charge in [-0.3, -0.25) is 0 Å². The summed E-state index contributed by atoms with van der Waals surface area (Å²) in [7, 11) is 11.1. The standard InChI is InChI=1S/C45H32B5N3O2/c46-36-35(37(47)39(49)40(50)38(36)48)25-11-6-12-26(21-25)44-51-43(23-9-2-1-3-10-23)52-45(53-44)31-17-8-16-30-32-22-24(19-20-34(32)55-42(30)31)27-14-7-15-29-28-13-4-5-18-33(28)54-41(27)29/h1-22H,46-50H2. The highest BCUT2D eigenvalue weighted by molar-refractivity contribution is 6.68. The lowest BCUT2D eigenvalue weighted by atomic mass is 9.59. The van der Waals surface area contributed by atoms with Crippen molar-refractivity contribution in [1.82, 2.24) is 15.0 Å². The largest absolute Gasteiger partial charge is 0.455 e. The maximum Gasteiger partial charge on any atom is 0.167 e. The van der Waals surface area contributed by atoms with Crippen LogP contribution in [0.2, 0.25) is 0 Å². The van der Waals surface area contributed by atoms with Crippen LogP contribution in [0.3, 0.4) is 0 Å². The van der Waals surface area contributed by atoms with Crippen molar-refractivity contribution in [2.45, 2.75) is 0 Å². The van der Waals surface area contributed by atoms with Crippen molar-refractivity contribution in [3.63, 3.8) is 0 Å². The Morgan fingerprint density at radius 1 is 0.345 bits per heavy atom. The van der Waals surface area contributed by atoms with Gasteiger partial charge in [0, 0.05) is 38.2 Å². The van der Waals surface area contributed by atoms with Crippen LogP contribution in [0.25, 0.3) is 100 Å². The third-order valence-corrected chi connectivity index (χ3v) is 11.5. The van der Waals surface area contributed by atoms with Gasteiger partial charge >= 0.3 is 0 Å². The Kier molecular flexibility index (Phi) is 7.70. The van der Waals surface area contributed by atoms with Crippen LogP contribution >= 0.6 is 0 Å². The van der Waals surface area contributed by atoms with Crippen LogP contribution in [-0.4, -0.2) is 54.2 Å². The number of aromatic nitrogens is 3. The third-order valence-electron chi connectivity index (χ3n) is 11.5. The highest BCUT2D eigenvalue weighted by Gasteiger charge is 2.20. The van der Waals surface area contributed by atoms with E-state index in [1.165, 1.54) is 32.9 Å². The van der Waals surface area contributed by atoms with Gasteiger partial charge in [-0.1, -0.05) is 114 Å². The van der Waals surface area contributed by atoms with Gasteiger partial charge in [0.2, 0.25) is 0 Å². The maximum absolute atomic E-state index is 6.67. The summed E-state index contributed by atoms with van der Waals surface area (Å²) in [5.41, 5.74) is 17.1. The second-order valence-electron chi connectivity index (χ2n) is 14.5. The van der Waals surface area contributed by atoms with Gasteiger partial charge in [-0.25, -0.2) is 15.0 Å². The average Bonchev–Trinajstić information content (AvgIpc) is 3.81. The molecule has 0 fully saturated rings. The fourth-order valence-corrected chi connectivity index (χ4v) is 8.21. The first kappa shape index (κ1) is 33.1. The Labute approximate surface area is 322 Å². The predicted octanol–water partition coefficient (Wildman–Crippen LogP) is 3.30. The Balaban J connectivity index is 1.14. The molecule has 0 aliphatic heterocycles. The molecule has 3 aromatic heterocycles. The number of hydrogen-bond acceptors (Lipinski definition) is 5. The molecule has 55 heavy (non-hydrogen) atoms. The van der Waals surface area contributed by atoms with Crippen LogP contribution in [0.4, 0.5) is 0 Å². The first-order valence-electron chi connectivity index (χ1n) is 18.7. The van der Waals surface area contributed by atoms with Crippen molar-refractivity contribution >= 4 is 110 Å². The fraction of sp³-hybridized carbons (Fsp3) is 0. The molecular weight excluding hydrogens is 669 g/mol. The summed E-state index contributed by atoms with van der Waals surface area (Å²) in [6.07, 6.45) is 0. The number of nitrogens with zero attached hydrogens (tertiary/aromatic N) is 3. The van der Waals surface area contributed by atoms with Crippen molar-refractivity contribution in [2.75, 3.05) is 0 Å². The second-order valence-corrected chi connectivity index (χ2v) is 14.5. The lowest BCUT2D eigenvalue weighted by Crippen LogP contribution is -2.55. The molecule has 7 aromatic carbocycles. The second kappa shape index (κ2) is 12.8. The van der Waals surface area contributed by atoms with Gasteiger partial charge in [0.1, 0.15) is 61.6 Å². The van der Waals surface area contributed by atoms with Gasteiger partial charge in [0.25, 0.3) is 0 Å². The molecule has 0 amide bonds. The smallest absolute Gasteiger partial charge is 0.167 e. The van der Waals surface area contributed by atoms with Gasteiger partial charge < -0.3 is 8.83 Å². The molecule has 0 N–H and O–H groups in total. The molecule has 0 unspecified atom stereocenters. The van der Waals surface area contributed by atoms with E-state index < -0.39 is 0 Å². The van der Waals surface area contributed by atoms with Crippen LogP contribution in [0.1, 0.15) is 0 Å². The summed E-state index contributed by atoms with van der Waals surface area (Å²) in [5.74, 6) is 1.77. The monoisotopic (exact) mass is 701 g/mol. The molecule has 5 nitrogen and oxygen atoms in total. The van der Waals surface area contributed by atoms with Crippen LogP contribution in [0.5, 0.6) is 0 Å². The zero-order valence-electron chi connectivity index (χ0n) is 31.4. The molecule has 0 radical (unpaired) electrons. The quantitative estimate of drug-likeness (QED) is 0.258. The highest BCUT2D eigenvalue weighted by Crippen LogP contribution is 2.40. The molecular formula is C45H32B5N3O2. The van der Waals surface area contributed by atoms with E-state index >= 15 is 0 Å². The molecule has 0 spiro atoms. The van der Waals surface area contributed by atoms with Crippen molar-refractivity contribution in [3.05, 3.63) is 133 Å². The first-order chi connectivity index (χ1) is 26.8. The molecule has 10 aromatic rings. The number of benzene rings is 7. The van der Waals surface area contributed by atoms with Crippen LogP contribution in [0.15, 0.2) is 142 Å². The molecule has 0 saturated carbocycles. The minimum absolute atomic E-state index is 0.556. The molecule has 0 aliphatic carbocycles. The number of hydrogen-bond donors (Lipinski definition) is 0. The van der Waals surface area contributed by atoms with E-state index in [0.29, 0.717) is 17.5 Å². The molecule has 254 valence electrons. The Bertz CT molecular complexity index is 3150. The van der Waals surface area contributed by atoms with Crippen molar-refractivity contribution in [3.8, 4) is 56.4 Å². The molecule has 10 rings (SSSR count). The minimum atomic E-state index is 0.556. The summed E-state index contributed by atoms with van der Waals surface area (Å²) in [6, 6.07) is 45.8. The number of rotatable bonds is 5. The van der Waals surface area contributed by atoms with E-state index in [2.05, 4.69) is 118 Å². The lowest BCUT2D eigenvalue weighted by molar-refractivity contribution is 0.668. The summed E-state index contributed by atoms with van der Waals surface area (Å²) in [6.45, 7) is 0. The van der Waals surface area contributed by atoms with E-state index in [-0.39, 0.29) is 0 Å².